The van der Waals surface area contributed by atoms with E-state index in [9.17, 15) is 4.79 Å². The van der Waals surface area contributed by atoms with E-state index in [1.54, 1.807) is 0 Å². The van der Waals surface area contributed by atoms with Crippen LogP contribution in [0.2, 0.25) is 0 Å². The van der Waals surface area contributed by atoms with Gasteiger partial charge in [-0.1, -0.05) is 12.2 Å². The first-order chi connectivity index (χ1) is 5.29. The van der Waals surface area contributed by atoms with Crippen molar-refractivity contribution in [2.24, 2.45) is 23.7 Å². The van der Waals surface area contributed by atoms with Crippen molar-refractivity contribution in [3.63, 3.8) is 0 Å². The molecule has 2 fully saturated rings. The maximum absolute atomic E-state index is 11.3. The van der Waals surface area contributed by atoms with E-state index in [1.165, 1.54) is 0 Å². The summed E-state index contributed by atoms with van der Waals surface area (Å²) in [6, 6.07) is 0. The molecule has 58 valence electrons. The molecular weight excluding hydrogens is 136 g/mol. The Kier molecular flexibility index (Phi) is 1.28. The second-order valence-corrected chi connectivity index (χ2v) is 3.49. The first kappa shape index (κ1) is 6.84. The molecule has 0 amide bonds. The molecule has 2 aliphatic carbocycles. The zero-order valence-corrected chi connectivity index (χ0v) is 6.49. The number of Topliss-reactive ketones (excluding diaryl/α,β-unsaturated/α-hetero) is 1. The quantitative estimate of drug-likeness (QED) is 0.546. The lowest BCUT2D eigenvalue weighted by molar-refractivity contribution is -0.119. The van der Waals surface area contributed by atoms with Crippen LogP contribution in [0.15, 0.2) is 25.3 Å². The van der Waals surface area contributed by atoms with Gasteiger partial charge in [0.15, 0.2) is 0 Å². The summed E-state index contributed by atoms with van der Waals surface area (Å²) in [7, 11) is 0. The van der Waals surface area contributed by atoms with E-state index in [0.29, 0.717) is 29.5 Å². The number of allylic oxidation sites excluding steroid dienone is 2. The Morgan fingerprint density at radius 1 is 1.36 bits per heavy atom. The fourth-order valence-electron chi connectivity index (χ4n) is 2.39. The van der Waals surface area contributed by atoms with Crippen LogP contribution < -0.4 is 0 Å². The van der Waals surface area contributed by atoms with E-state index in [0.717, 1.165) is 6.42 Å². The third-order valence-electron chi connectivity index (χ3n) is 3.01. The molecule has 2 saturated carbocycles. The van der Waals surface area contributed by atoms with Crippen molar-refractivity contribution in [3.8, 4) is 0 Å². The molecule has 0 aromatic rings. The summed E-state index contributed by atoms with van der Waals surface area (Å²) < 4.78 is 0. The summed E-state index contributed by atoms with van der Waals surface area (Å²) in [6.07, 6.45) is 4.57. The van der Waals surface area contributed by atoms with Gasteiger partial charge in [-0.25, -0.2) is 0 Å². The van der Waals surface area contributed by atoms with Gasteiger partial charge in [0, 0.05) is 12.3 Å². The standard InChI is InChI=1S/C10H12O/c1-3-6-5-8(11)10-7(4-2)9(6)10/h3-4,6-7,9-10H,1-2,5H2. The topological polar surface area (TPSA) is 17.1 Å². The third-order valence-corrected chi connectivity index (χ3v) is 3.01. The molecule has 4 unspecified atom stereocenters. The van der Waals surface area contributed by atoms with E-state index in [-0.39, 0.29) is 0 Å². The molecule has 0 aliphatic heterocycles. The summed E-state index contributed by atoms with van der Waals surface area (Å²) in [5, 5.41) is 0. The first-order valence-electron chi connectivity index (χ1n) is 4.07. The highest BCUT2D eigenvalue weighted by atomic mass is 16.1. The van der Waals surface area contributed by atoms with Gasteiger partial charge < -0.3 is 0 Å². The van der Waals surface area contributed by atoms with Crippen LogP contribution in [0.5, 0.6) is 0 Å². The molecule has 0 aromatic carbocycles. The van der Waals surface area contributed by atoms with Crippen LogP contribution in [0.4, 0.5) is 0 Å². The second-order valence-electron chi connectivity index (χ2n) is 3.49. The highest BCUT2D eigenvalue weighted by Gasteiger charge is 2.60. The largest absolute Gasteiger partial charge is 0.299 e. The van der Waals surface area contributed by atoms with Crippen LogP contribution in [0.3, 0.4) is 0 Å². The van der Waals surface area contributed by atoms with Crippen LogP contribution >= 0.6 is 0 Å². The van der Waals surface area contributed by atoms with Gasteiger partial charge in [0.2, 0.25) is 0 Å². The Balaban J connectivity index is 2.17. The Labute approximate surface area is 66.8 Å². The molecular formula is C10H12O. The zero-order chi connectivity index (χ0) is 8.01. The third kappa shape index (κ3) is 0.740. The molecule has 0 bridgehead atoms. The van der Waals surface area contributed by atoms with Gasteiger partial charge in [-0.15, -0.1) is 13.2 Å². The highest BCUT2D eigenvalue weighted by Crippen LogP contribution is 2.59. The Morgan fingerprint density at radius 3 is 2.55 bits per heavy atom. The number of fused-ring (bicyclic) bond motifs is 1. The van der Waals surface area contributed by atoms with Crippen LogP contribution in [0.1, 0.15) is 6.42 Å². The van der Waals surface area contributed by atoms with Crippen molar-refractivity contribution in [1.82, 2.24) is 0 Å². The monoisotopic (exact) mass is 148 g/mol. The molecule has 2 aliphatic rings. The van der Waals surface area contributed by atoms with Gasteiger partial charge in [0.1, 0.15) is 5.78 Å². The number of rotatable bonds is 2. The molecule has 0 N–H and O–H groups in total. The molecule has 0 radical (unpaired) electrons. The Hall–Kier alpha value is -0.850. The van der Waals surface area contributed by atoms with Gasteiger partial charge in [0.05, 0.1) is 0 Å². The molecule has 0 saturated heterocycles. The van der Waals surface area contributed by atoms with E-state index < -0.39 is 0 Å². The summed E-state index contributed by atoms with van der Waals surface area (Å²) in [6.45, 7) is 7.46. The average molecular weight is 148 g/mol. The first-order valence-corrected chi connectivity index (χ1v) is 4.07. The zero-order valence-electron chi connectivity index (χ0n) is 6.49. The molecule has 11 heavy (non-hydrogen) atoms. The molecule has 0 spiro atoms. The number of ketones is 1. The van der Waals surface area contributed by atoms with E-state index in [1.807, 2.05) is 12.2 Å². The van der Waals surface area contributed by atoms with Gasteiger partial charge in [-0.2, -0.15) is 0 Å². The number of hydrogen-bond donors (Lipinski definition) is 0. The van der Waals surface area contributed by atoms with Crippen molar-refractivity contribution >= 4 is 5.78 Å². The lowest BCUT2D eigenvalue weighted by Gasteiger charge is -2.04. The predicted octanol–water partition coefficient (Wildman–Crippen LogP) is 1.81. The fraction of sp³-hybridized carbons (Fsp3) is 0.500. The van der Waals surface area contributed by atoms with Crippen molar-refractivity contribution in [1.29, 1.82) is 0 Å². The Bertz CT molecular complexity index is 227. The van der Waals surface area contributed by atoms with Crippen LogP contribution in [-0.2, 0) is 4.79 Å². The SMILES string of the molecule is C=CC1CC(=O)C2C(C=C)C12. The van der Waals surface area contributed by atoms with E-state index in [4.69, 9.17) is 0 Å². The van der Waals surface area contributed by atoms with Crippen molar-refractivity contribution < 1.29 is 4.79 Å². The fourth-order valence-corrected chi connectivity index (χ4v) is 2.39. The maximum Gasteiger partial charge on any atom is 0.137 e. The predicted molar refractivity (Wildman–Crippen MR) is 44.0 cm³/mol. The van der Waals surface area contributed by atoms with Gasteiger partial charge in [-0.3, -0.25) is 4.79 Å². The van der Waals surface area contributed by atoms with E-state index >= 15 is 0 Å². The van der Waals surface area contributed by atoms with Crippen LogP contribution in [0, 0.1) is 23.7 Å². The molecule has 1 heteroatoms. The minimum absolute atomic E-state index is 0.315. The minimum atomic E-state index is 0.315. The number of carbonyl (C=O) groups excluding carboxylic acids is 1. The molecule has 2 rings (SSSR count). The average Bonchev–Trinajstić information content (AvgIpc) is 2.65. The number of hydrogen-bond acceptors (Lipinski definition) is 1. The summed E-state index contributed by atoms with van der Waals surface area (Å²) >= 11 is 0. The van der Waals surface area contributed by atoms with Crippen molar-refractivity contribution in [2.75, 3.05) is 0 Å². The molecule has 0 heterocycles. The van der Waals surface area contributed by atoms with E-state index in [2.05, 4.69) is 13.2 Å². The second kappa shape index (κ2) is 2.07. The summed E-state index contributed by atoms with van der Waals surface area (Å²) in [5.41, 5.74) is 0. The molecule has 0 aromatic heterocycles. The van der Waals surface area contributed by atoms with Gasteiger partial charge in [0.25, 0.3) is 0 Å². The Morgan fingerprint density at radius 2 is 2.09 bits per heavy atom. The lowest BCUT2D eigenvalue weighted by atomic mass is 10.00. The summed E-state index contributed by atoms with van der Waals surface area (Å²) in [5.74, 6) is 2.22. The number of carbonyl (C=O) groups is 1. The molecule has 1 nitrogen and oxygen atoms in total. The van der Waals surface area contributed by atoms with Crippen molar-refractivity contribution in [3.05, 3.63) is 25.3 Å². The van der Waals surface area contributed by atoms with Crippen LogP contribution in [-0.4, -0.2) is 5.78 Å². The maximum atomic E-state index is 11.3. The van der Waals surface area contributed by atoms with Gasteiger partial charge in [-0.05, 0) is 17.8 Å². The lowest BCUT2D eigenvalue weighted by Crippen LogP contribution is -2.03. The van der Waals surface area contributed by atoms with Crippen LogP contribution in [0.25, 0.3) is 0 Å². The highest BCUT2D eigenvalue weighted by molar-refractivity contribution is 5.88. The molecule has 4 atom stereocenters. The summed E-state index contributed by atoms with van der Waals surface area (Å²) in [4.78, 5) is 11.3. The smallest absolute Gasteiger partial charge is 0.137 e. The minimum Gasteiger partial charge on any atom is -0.299 e. The van der Waals surface area contributed by atoms with Crippen molar-refractivity contribution in [2.45, 2.75) is 6.42 Å². The van der Waals surface area contributed by atoms with Gasteiger partial charge >= 0.3 is 0 Å². The normalized spacial score (nSPS) is 46.7.